The molecule has 1 atom stereocenters. The first-order valence-corrected chi connectivity index (χ1v) is 6.37. The summed E-state index contributed by atoms with van der Waals surface area (Å²) in [6.07, 6.45) is -2.19. The highest BCUT2D eigenvalue weighted by atomic mass is 35.6. The van der Waals surface area contributed by atoms with Gasteiger partial charge in [-0.2, -0.15) is 5.26 Å². The van der Waals surface area contributed by atoms with Gasteiger partial charge in [-0.15, -0.1) is 11.3 Å². The molecule has 1 aromatic heterocycles. The third kappa shape index (κ3) is 5.25. The van der Waals surface area contributed by atoms with Gasteiger partial charge in [-0.1, -0.05) is 34.8 Å². The number of aliphatic hydroxyl groups is 1. The smallest absolute Gasteiger partial charge is 0.413 e. The van der Waals surface area contributed by atoms with Gasteiger partial charge in [0.15, 0.2) is 11.2 Å². The fourth-order valence-electron chi connectivity index (χ4n) is 0.806. The van der Waals surface area contributed by atoms with Crippen LogP contribution in [0.1, 0.15) is 11.8 Å². The van der Waals surface area contributed by atoms with E-state index in [0.717, 1.165) is 11.3 Å². The second-order valence-corrected chi connectivity index (χ2v) is 6.30. The van der Waals surface area contributed by atoms with Crippen molar-refractivity contribution in [3.05, 3.63) is 11.1 Å². The van der Waals surface area contributed by atoms with E-state index in [0.29, 0.717) is 0 Å². The minimum Gasteiger partial charge on any atom is -0.445 e. The number of aromatic nitrogens is 1. The van der Waals surface area contributed by atoms with Gasteiger partial charge in [0.2, 0.25) is 3.79 Å². The maximum atomic E-state index is 11.2. The third-order valence-corrected chi connectivity index (χ3v) is 2.60. The van der Waals surface area contributed by atoms with Crippen molar-refractivity contribution in [2.45, 2.75) is 9.90 Å². The molecule has 1 unspecified atom stereocenters. The van der Waals surface area contributed by atoms with Crippen molar-refractivity contribution >= 4 is 57.4 Å². The molecule has 0 fully saturated rings. The fraction of sp³-hybridized carbons (Fsp3) is 0.375. The van der Waals surface area contributed by atoms with Crippen LogP contribution in [0, 0.1) is 11.3 Å². The highest BCUT2D eigenvalue weighted by Crippen LogP contribution is 2.26. The molecule has 0 aromatic carbocycles. The van der Waals surface area contributed by atoms with Crippen molar-refractivity contribution in [3.8, 4) is 6.07 Å². The van der Waals surface area contributed by atoms with E-state index in [1.807, 2.05) is 0 Å². The topological polar surface area (TPSA) is 95.2 Å². The molecule has 0 bridgehead atoms. The van der Waals surface area contributed by atoms with Crippen LogP contribution >= 0.6 is 46.1 Å². The Bertz CT molecular complexity index is 468. The average Bonchev–Trinajstić information content (AvgIpc) is 2.73. The SMILES string of the molecule is N#CC(O)c1csc(NC(=O)OCC(Cl)(Cl)Cl)n1. The maximum Gasteiger partial charge on any atom is 0.413 e. The third-order valence-electron chi connectivity index (χ3n) is 1.50. The zero-order valence-electron chi connectivity index (χ0n) is 8.56. The number of hydrogen-bond donors (Lipinski definition) is 2. The number of rotatable bonds is 3. The number of nitrogens with zero attached hydrogens (tertiary/aromatic N) is 2. The first-order valence-electron chi connectivity index (χ1n) is 4.35. The molecule has 1 amide bonds. The molecule has 2 N–H and O–H groups in total. The molecule has 0 aliphatic rings. The zero-order chi connectivity index (χ0) is 13.8. The minimum absolute atomic E-state index is 0.138. The number of hydrogen-bond acceptors (Lipinski definition) is 6. The highest BCUT2D eigenvalue weighted by Gasteiger charge is 2.22. The van der Waals surface area contributed by atoms with Gasteiger partial charge in [0.1, 0.15) is 12.7 Å². The predicted molar refractivity (Wildman–Crippen MR) is 67.9 cm³/mol. The molecular formula is C8H6Cl3N3O3S. The highest BCUT2D eigenvalue weighted by molar-refractivity contribution is 7.13. The molecule has 0 aliphatic heterocycles. The van der Waals surface area contributed by atoms with Crippen LogP contribution in [0.3, 0.4) is 0 Å². The monoisotopic (exact) mass is 329 g/mol. The molecule has 6 nitrogen and oxygen atoms in total. The molecule has 0 aliphatic carbocycles. The lowest BCUT2D eigenvalue weighted by Gasteiger charge is -2.10. The molecule has 0 saturated carbocycles. The van der Waals surface area contributed by atoms with Crippen LogP contribution in [-0.4, -0.2) is 26.6 Å². The number of nitrogens with one attached hydrogen (secondary N) is 1. The molecule has 0 spiro atoms. The first-order chi connectivity index (χ1) is 8.31. The Balaban J connectivity index is 2.51. The van der Waals surface area contributed by atoms with E-state index in [2.05, 4.69) is 15.0 Å². The van der Waals surface area contributed by atoms with E-state index < -0.39 is 22.6 Å². The Morgan fingerprint density at radius 3 is 2.94 bits per heavy atom. The molecule has 10 heteroatoms. The van der Waals surface area contributed by atoms with Crippen LogP contribution in [0.25, 0.3) is 0 Å². The van der Waals surface area contributed by atoms with Crippen molar-refractivity contribution in [1.82, 2.24) is 4.98 Å². The zero-order valence-corrected chi connectivity index (χ0v) is 11.6. The van der Waals surface area contributed by atoms with Crippen LogP contribution in [-0.2, 0) is 4.74 Å². The summed E-state index contributed by atoms with van der Waals surface area (Å²) in [4.78, 5) is 15.0. The van der Waals surface area contributed by atoms with Crippen molar-refractivity contribution in [1.29, 1.82) is 5.26 Å². The first kappa shape index (κ1) is 15.3. The van der Waals surface area contributed by atoms with Crippen LogP contribution in [0.5, 0.6) is 0 Å². The minimum atomic E-state index is -1.69. The van der Waals surface area contributed by atoms with Crippen LogP contribution in [0.15, 0.2) is 5.38 Å². The van der Waals surface area contributed by atoms with Crippen LogP contribution < -0.4 is 5.32 Å². The summed E-state index contributed by atoms with van der Waals surface area (Å²) in [6.45, 7) is -0.414. The largest absolute Gasteiger partial charge is 0.445 e. The number of amides is 1. The lowest BCUT2D eigenvalue weighted by atomic mass is 10.3. The molecular weight excluding hydrogens is 325 g/mol. The summed E-state index contributed by atoms with van der Waals surface area (Å²) < 4.78 is 2.91. The number of alkyl halides is 3. The molecule has 1 aromatic rings. The normalized spacial score (nSPS) is 12.6. The van der Waals surface area contributed by atoms with Crippen molar-refractivity contribution in [2.75, 3.05) is 11.9 Å². The van der Waals surface area contributed by atoms with Crippen molar-refractivity contribution in [2.24, 2.45) is 0 Å². The summed E-state index contributed by atoms with van der Waals surface area (Å²) in [5.41, 5.74) is 0.138. The van der Waals surface area contributed by atoms with E-state index in [1.54, 1.807) is 6.07 Å². The van der Waals surface area contributed by atoms with E-state index in [1.165, 1.54) is 5.38 Å². The average molecular weight is 331 g/mol. The van der Waals surface area contributed by atoms with Gasteiger partial charge in [0.05, 0.1) is 5.69 Å². The van der Waals surface area contributed by atoms with Crippen molar-refractivity contribution < 1.29 is 14.6 Å². The standard InChI is InChI=1S/C8H6Cl3N3O3S/c9-8(10,11)3-17-7(16)14-6-13-4(2-18-6)5(15)1-12/h2,5,15H,3H2,(H,13,14,16). The Morgan fingerprint density at radius 2 is 2.39 bits per heavy atom. The number of carbonyl (C=O) groups is 1. The quantitative estimate of drug-likeness (QED) is 0.656. The van der Waals surface area contributed by atoms with Gasteiger partial charge in [0.25, 0.3) is 0 Å². The molecule has 18 heavy (non-hydrogen) atoms. The molecule has 1 heterocycles. The van der Waals surface area contributed by atoms with E-state index >= 15 is 0 Å². The number of nitriles is 1. The van der Waals surface area contributed by atoms with Crippen molar-refractivity contribution in [3.63, 3.8) is 0 Å². The Labute approximate surface area is 121 Å². The molecule has 0 radical (unpaired) electrons. The number of halogens is 3. The number of anilines is 1. The van der Waals surface area contributed by atoms with Crippen LogP contribution in [0.4, 0.5) is 9.93 Å². The summed E-state index contributed by atoms with van der Waals surface area (Å²) in [6, 6.07) is 1.60. The Morgan fingerprint density at radius 1 is 1.72 bits per heavy atom. The predicted octanol–water partition coefficient (Wildman–Crippen LogP) is 2.62. The fourth-order valence-corrected chi connectivity index (χ4v) is 1.68. The van der Waals surface area contributed by atoms with E-state index in [9.17, 15) is 9.90 Å². The summed E-state index contributed by atoms with van der Waals surface area (Å²) in [5.74, 6) is 0. The summed E-state index contributed by atoms with van der Waals surface area (Å²) >= 11 is 17.2. The van der Waals surface area contributed by atoms with E-state index in [4.69, 9.17) is 40.1 Å². The molecule has 1 rings (SSSR count). The second-order valence-electron chi connectivity index (χ2n) is 2.93. The maximum absolute atomic E-state index is 11.2. The van der Waals surface area contributed by atoms with Gasteiger partial charge in [-0.05, 0) is 0 Å². The van der Waals surface area contributed by atoms with Gasteiger partial charge >= 0.3 is 6.09 Å². The number of aliphatic hydroxyl groups excluding tert-OH is 1. The van der Waals surface area contributed by atoms with Gasteiger partial charge in [-0.3, -0.25) is 5.32 Å². The Kier molecular flexibility index (Phi) is 5.44. The number of ether oxygens (including phenoxy) is 1. The lowest BCUT2D eigenvalue weighted by Crippen LogP contribution is -2.21. The number of thiazole rings is 1. The lowest BCUT2D eigenvalue weighted by molar-refractivity contribution is 0.164. The van der Waals surface area contributed by atoms with Gasteiger partial charge in [0, 0.05) is 5.38 Å². The molecule has 98 valence electrons. The number of carbonyl (C=O) groups excluding carboxylic acids is 1. The summed E-state index contributed by atoms with van der Waals surface area (Å²) in [7, 11) is 0. The van der Waals surface area contributed by atoms with E-state index in [-0.39, 0.29) is 10.8 Å². The Hall–Kier alpha value is -0.780. The second kappa shape index (κ2) is 6.41. The molecule has 0 saturated heterocycles. The van der Waals surface area contributed by atoms with Gasteiger partial charge in [-0.25, -0.2) is 9.78 Å². The summed E-state index contributed by atoms with van der Waals surface area (Å²) in [5, 5.41) is 21.5. The van der Waals surface area contributed by atoms with Crippen LogP contribution in [0.2, 0.25) is 0 Å². The van der Waals surface area contributed by atoms with Gasteiger partial charge < -0.3 is 9.84 Å².